The van der Waals surface area contributed by atoms with E-state index >= 15 is 0 Å². The number of hydrogen-bond donors (Lipinski definition) is 2. The largest absolute Gasteiger partial charge is 0.475 e. The van der Waals surface area contributed by atoms with Crippen LogP contribution >= 0.6 is 0 Å². The van der Waals surface area contributed by atoms with Crippen LogP contribution in [0.5, 0.6) is 5.88 Å². The highest BCUT2D eigenvalue weighted by molar-refractivity contribution is 5.91. The highest BCUT2D eigenvalue weighted by Gasteiger charge is 2.17. The Morgan fingerprint density at radius 1 is 1.20 bits per heavy atom. The maximum atomic E-state index is 11.8. The number of urea groups is 1. The molecule has 0 atom stereocenters. The first-order chi connectivity index (χ1) is 12.2. The normalized spacial score (nSPS) is 14.6. The van der Waals surface area contributed by atoms with Gasteiger partial charge in [-0.05, 0) is 31.7 Å². The van der Waals surface area contributed by atoms with E-state index in [1.54, 1.807) is 19.2 Å². The summed E-state index contributed by atoms with van der Waals surface area (Å²) in [4.78, 5) is 27.6. The molecule has 0 aliphatic heterocycles. The molecule has 0 spiro atoms. The molecule has 2 amide bonds. The number of hydrogen-bond acceptors (Lipinski definition) is 6. The van der Waals surface area contributed by atoms with Crippen LogP contribution in [0.4, 0.5) is 10.5 Å². The molecule has 8 heteroatoms. The average molecular weight is 351 g/mol. The second-order valence-electron chi connectivity index (χ2n) is 5.78. The molecule has 1 aromatic rings. The quantitative estimate of drug-likeness (QED) is 0.550. The molecule has 0 unspecified atom stereocenters. The van der Waals surface area contributed by atoms with Crippen LogP contribution in [0.1, 0.15) is 32.1 Å². The first kappa shape index (κ1) is 19.0. The van der Waals surface area contributed by atoms with E-state index < -0.39 is 12.0 Å². The van der Waals surface area contributed by atoms with Crippen LogP contribution in [-0.2, 0) is 14.3 Å². The average Bonchev–Trinajstić information content (AvgIpc) is 2.63. The zero-order valence-corrected chi connectivity index (χ0v) is 14.5. The fraction of sp³-hybridized carbons (Fsp3) is 0.588. The molecule has 0 radical (unpaired) electrons. The van der Waals surface area contributed by atoms with Gasteiger partial charge in [0.2, 0.25) is 5.88 Å². The summed E-state index contributed by atoms with van der Waals surface area (Å²) in [6, 6.07) is 2.81. The Hall–Kier alpha value is -2.35. The Kier molecular flexibility index (Phi) is 7.97. The maximum absolute atomic E-state index is 11.8. The van der Waals surface area contributed by atoms with Crippen LogP contribution < -0.4 is 15.4 Å². The van der Waals surface area contributed by atoms with E-state index in [0.29, 0.717) is 24.8 Å². The van der Waals surface area contributed by atoms with E-state index in [1.165, 1.54) is 12.6 Å². The van der Waals surface area contributed by atoms with Crippen molar-refractivity contribution in [2.24, 2.45) is 0 Å². The Balaban J connectivity index is 1.66. The van der Waals surface area contributed by atoms with E-state index in [1.807, 2.05) is 0 Å². The fourth-order valence-corrected chi connectivity index (χ4v) is 2.51. The number of anilines is 1. The molecule has 0 saturated heterocycles. The topological polar surface area (TPSA) is 98.8 Å². The van der Waals surface area contributed by atoms with Gasteiger partial charge >= 0.3 is 12.0 Å². The highest BCUT2D eigenvalue weighted by Crippen LogP contribution is 2.20. The third-order valence-corrected chi connectivity index (χ3v) is 3.78. The second-order valence-corrected chi connectivity index (χ2v) is 5.78. The Bertz CT molecular complexity index is 544. The number of esters is 1. The van der Waals surface area contributed by atoms with Gasteiger partial charge in [0.25, 0.3) is 0 Å². The van der Waals surface area contributed by atoms with Crippen molar-refractivity contribution in [3.05, 3.63) is 18.3 Å². The van der Waals surface area contributed by atoms with Crippen molar-refractivity contribution in [1.29, 1.82) is 0 Å². The van der Waals surface area contributed by atoms with Crippen molar-refractivity contribution in [2.45, 2.75) is 38.2 Å². The third-order valence-electron chi connectivity index (χ3n) is 3.78. The molecule has 1 fully saturated rings. The monoisotopic (exact) mass is 351 g/mol. The van der Waals surface area contributed by atoms with Crippen molar-refractivity contribution in [1.82, 2.24) is 10.3 Å². The first-order valence-electron chi connectivity index (χ1n) is 8.49. The number of amides is 2. The van der Waals surface area contributed by atoms with Gasteiger partial charge in [-0.2, -0.15) is 0 Å². The van der Waals surface area contributed by atoms with Crippen molar-refractivity contribution >= 4 is 17.7 Å². The van der Waals surface area contributed by atoms with E-state index in [9.17, 15) is 9.59 Å². The Morgan fingerprint density at radius 2 is 2.00 bits per heavy atom. The maximum Gasteiger partial charge on any atom is 0.325 e. The summed E-state index contributed by atoms with van der Waals surface area (Å²) in [5, 5.41) is 5.07. The van der Waals surface area contributed by atoms with Gasteiger partial charge in [0.05, 0.1) is 18.5 Å². The number of ether oxygens (including phenoxy) is 3. The highest BCUT2D eigenvalue weighted by atomic mass is 16.5. The summed E-state index contributed by atoms with van der Waals surface area (Å²) in [5.41, 5.74) is 0.497. The molecule has 1 aliphatic rings. The standard InChI is InChI=1S/C17H25N3O5/c1-23-9-10-24-15-8-7-13(11-18-15)20-17(22)19-12-16(21)25-14-5-3-2-4-6-14/h7-8,11,14H,2-6,9-10,12H2,1H3,(H2,19,20,22). The van der Waals surface area contributed by atoms with Gasteiger partial charge in [-0.15, -0.1) is 0 Å². The van der Waals surface area contributed by atoms with Gasteiger partial charge in [-0.3, -0.25) is 4.79 Å². The van der Waals surface area contributed by atoms with E-state index in [0.717, 1.165) is 25.7 Å². The number of methoxy groups -OCH3 is 1. The Morgan fingerprint density at radius 3 is 2.68 bits per heavy atom. The number of nitrogens with zero attached hydrogens (tertiary/aromatic N) is 1. The van der Waals surface area contributed by atoms with Gasteiger partial charge < -0.3 is 24.8 Å². The summed E-state index contributed by atoms with van der Waals surface area (Å²) in [5.74, 6) is 0.0288. The van der Waals surface area contributed by atoms with Gasteiger partial charge in [-0.1, -0.05) is 6.42 Å². The van der Waals surface area contributed by atoms with Crippen molar-refractivity contribution in [2.75, 3.05) is 32.2 Å². The fourth-order valence-electron chi connectivity index (χ4n) is 2.51. The molecular formula is C17H25N3O5. The van der Waals surface area contributed by atoms with Crippen LogP contribution in [-0.4, -0.2) is 50.0 Å². The molecule has 138 valence electrons. The van der Waals surface area contributed by atoms with Crippen LogP contribution in [0.25, 0.3) is 0 Å². The van der Waals surface area contributed by atoms with Crippen molar-refractivity contribution in [3.8, 4) is 5.88 Å². The summed E-state index contributed by atoms with van der Waals surface area (Å²) >= 11 is 0. The summed E-state index contributed by atoms with van der Waals surface area (Å²) in [6.45, 7) is 0.717. The van der Waals surface area contributed by atoms with Crippen molar-refractivity contribution in [3.63, 3.8) is 0 Å². The van der Waals surface area contributed by atoms with Gasteiger partial charge in [0.1, 0.15) is 19.3 Å². The number of nitrogens with one attached hydrogen (secondary N) is 2. The lowest BCUT2D eigenvalue weighted by Crippen LogP contribution is -2.35. The van der Waals surface area contributed by atoms with Gasteiger partial charge in [-0.25, -0.2) is 9.78 Å². The predicted molar refractivity (Wildman–Crippen MR) is 91.6 cm³/mol. The molecule has 2 rings (SSSR count). The minimum absolute atomic E-state index is 0.0130. The number of pyridine rings is 1. The summed E-state index contributed by atoms with van der Waals surface area (Å²) in [6.07, 6.45) is 6.64. The SMILES string of the molecule is COCCOc1ccc(NC(=O)NCC(=O)OC2CCCCC2)cn1. The van der Waals surface area contributed by atoms with E-state index in [-0.39, 0.29) is 12.6 Å². The van der Waals surface area contributed by atoms with Crippen LogP contribution in [0.3, 0.4) is 0 Å². The number of rotatable bonds is 8. The zero-order chi connectivity index (χ0) is 17.9. The third kappa shape index (κ3) is 7.38. The molecular weight excluding hydrogens is 326 g/mol. The lowest BCUT2D eigenvalue weighted by atomic mass is 9.98. The molecule has 1 saturated carbocycles. The smallest absolute Gasteiger partial charge is 0.325 e. The lowest BCUT2D eigenvalue weighted by Gasteiger charge is -2.21. The van der Waals surface area contributed by atoms with E-state index in [4.69, 9.17) is 14.2 Å². The molecule has 1 aliphatic carbocycles. The van der Waals surface area contributed by atoms with Gasteiger partial charge in [0.15, 0.2) is 0 Å². The predicted octanol–water partition coefficient (Wildman–Crippen LogP) is 2.10. The minimum atomic E-state index is -0.490. The zero-order valence-electron chi connectivity index (χ0n) is 14.5. The van der Waals surface area contributed by atoms with Crippen LogP contribution in [0.2, 0.25) is 0 Å². The van der Waals surface area contributed by atoms with E-state index in [2.05, 4.69) is 15.6 Å². The second kappa shape index (κ2) is 10.5. The summed E-state index contributed by atoms with van der Waals surface area (Å²) < 4.78 is 15.5. The molecule has 8 nitrogen and oxygen atoms in total. The van der Waals surface area contributed by atoms with Crippen LogP contribution in [0, 0.1) is 0 Å². The number of carbonyl (C=O) groups is 2. The number of carbonyl (C=O) groups excluding carboxylic acids is 2. The van der Waals surface area contributed by atoms with Crippen molar-refractivity contribution < 1.29 is 23.8 Å². The first-order valence-corrected chi connectivity index (χ1v) is 8.49. The summed E-state index contributed by atoms with van der Waals surface area (Å²) in [7, 11) is 1.59. The van der Waals surface area contributed by atoms with Gasteiger partial charge in [0, 0.05) is 13.2 Å². The lowest BCUT2D eigenvalue weighted by molar-refractivity contribution is -0.149. The molecule has 1 aromatic heterocycles. The molecule has 25 heavy (non-hydrogen) atoms. The molecule has 1 heterocycles. The molecule has 0 aromatic carbocycles. The Labute approximate surface area is 147 Å². The van der Waals surface area contributed by atoms with Crippen LogP contribution in [0.15, 0.2) is 18.3 Å². The number of aromatic nitrogens is 1. The minimum Gasteiger partial charge on any atom is -0.475 e. The molecule has 0 bridgehead atoms. The molecule has 2 N–H and O–H groups in total.